The molecule has 0 unspecified atom stereocenters. The van der Waals surface area contributed by atoms with Crippen molar-refractivity contribution in [2.24, 2.45) is 12.8 Å². The van der Waals surface area contributed by atoms with E-state index in [1.54, 1.807) is 60.3 Å². The number of carbonyl (C=O) groups is 1. The fourth-order valence-electron chi connectivity index (χ4n) is 4.18. The molecule has 46 heavy (non-hydrogen) atoms. The number of ether oxygens (including phenoxy) is 4. The highest BCUT2D eigenvalue weighted by molar-refractivity contribution is 5.95. The quantitative estimate of drug-likeness (QED) is 0.0628. The lowest BCUT2D eigenvalue weighted by atomic mass is 10.2. The molecule has 13 heteroatoms. The third-order valence-corrected chi connectivity index (χ3v) is 6.36. The summed E-state index contributed by atoms with van der Waals surface area (Å²) in [6.45, 7) is 1.87. The molecule has 0 atom stereocenters. The van der Waals surface area contributed by atoms with Gasteiger partial charge in [0, 0.05) is 36.6 Å². The van der Waals surface area contributed by atoms with Gasteiger partial charge in [-0.05, 0) is 61.0 Å². The van der Waals surface area contributed by atoms with Gasteiger partial charge in [-0.3, -0.25) is 5.41 Å². The zero-order valence-corrected chi connectivity index (χ0v) is 24.5. The first-order chi connectivity index (χ1) is 22.1. The van der Waals surface area contributed by atoms with Gasteiger partial charge in [0.25, 0.3) is 11.8 Å². The smallest absolute Gasteiger partial charge is 0.330 e. The van der Waals surface area contributed by atoms with Crippen LogP contribution in [0, 0.1) is 17.0 Å². The molecule has 0 amide bonds. The van der Waals surface area contributed by atoms with E-state index in [1.165, 1.54) is 42.5 Å². The molecular weight excluding hydrogens is 600 g/mol. The van der Waals surface area contributed by atoms with Crippen molar-refractivity contribution in [2.75, 3.05) is 6.61 Å². The third kappa shape index (κ3) is 7.10. The molecule has 0 bridgehead atoms. The fraction of sp³-hybridized carbons (Fsp3) is 0.0909. The Hall–Kier alpha value is -6.24. The summed E-state index contributed by atoms with van der Waals surface area (Å²) >= 11 is 0. The van der Waals surface area contributed by atoms with E-state index in [4.69, 9.17) is 30.1 Å². The first-order valence-corrected chi connectivity index (χ1v) is 13.8. The molecule has 2 aromatic heterocycles. The van der Waals surface area contributed by atoms with Crippen molar-refractivity contribution in [3.05, 3.63) is 108 Å². The van der Waals surface area contributed by atoms with Crippen LogP contribution in [0.3, 0.4) is 0 Å². The third-order valence-electron chi connectivity index (χ3n) is 6.36. The van der Waals surface area contributed by atoms with Crippen molar-refractivity contribution in [3.63, 3.8) is 0 Å². The van der Waals surface area contributed by atoms with Crippen molar-refractivity contribution in [2.45, 2.75) is 6.92 Å². The fourth-order valence-corrected chi connectivity index (χ4v) is 4.18. The summed E-state index contributed by atoms with van der Waals surface area (Å²) in [7, 11) is 1.81. The van der Waals surface area contributed by atoms with Crippen LogP contribution in [-0.4, -0.2) is 38.1 Å². The number of benzene rings is 3. The van der Waals surface area contributed by atoms with E-state index < -0.39 is 40.9 Å². The van der Waals surface area contributed by atoms with Crippen LogP contribution in [0.2, 0.25) is 0 Å². The second-order valence-corrected chi connectivity index (χ2v) is 9.63. The molecule has 0 spiro atoms. The molecule has 0 radical (unpaired) electrons. The average molecular weight is 628 g/mol. The number of phenolic OH excluding ortho intramolecular Hbond substituents is 1. The standard InChI is InChI=1S/C33H27F2N5O6/c1-3-43-26(42)13-10-19-6-4-8-22(16-19)44-29-27(34)32(45-23-9-5-7-21(17-23)31-38-14-15-40(31)2)39-33(28(29)35)46-25-18-20(30(36)37)11-12-24(25)41/h4-18,41H,3H2,1-2H3,(H3,36,37)/b13-10+. The van der Waals surface area contributed by atoms with Crippen LogP contribution in [0.5, 0.6) is 40.5 Å². The summed E-state index contributed by atoms with van der Waals surface area (Å²) in [4.78, 5) is 20.0. The molecule has 5 rings (SSSR count). The van der Waals surface area contributed by atoms with E-state index in [0.29, 0.717) is 17.0 Å². The Morgan fingerprint density at radius 1 is 1.00 bits per heavy atom. The lowest BCUT2D eigenvalue weighted by molar-refractivity contribution is -0.137. The van der Waals surface area contributed by atoms with Crippen LogP contribution in [-0.2, 0) is 16.6 Å². The summed E-state index contributed by atoms with van der Waals surface area (Å²) in [5, 5.41) is 18.0. The van der Waals surface area contributed by atoms with Gasteiger partial charge >= 0.3 is 5.97 Å². The van der Waals surface area contributed by atoms with Crippen LogP contribution in [0.1, 0.15) is 18.1 Å². The van der Waals surface area contributed by atoms with Crippen molar-refractivity contribution in [3.8, 4) is 51.9 Å². The molecule has 0 saturated heterocycles. The number of aryl methyl sites for hydroxylation is 1. The minimum atomic E-state index is -1.35. The number of imidazole rings is 1. The number of nitrogens with one attached hydrogen (secondary N) is 1. The zero-order chi connectivity index (χ0) is 32.8. The second kappa shape index (κ2) is 13.6. The number of hydrogen-bond acceptors (Lipinski definition) is 9. The van der Waals surface area contributed by atoms with Gasteiger partial charge in [-0.1, -0.05) is 24.3 Å². The lowest BCUT2D eigenvalue weighted by Crippen LogP contribution is -2.11. The highest BCUT2D eigenvalue weighted by Crippen LogP contribution is 2.41. The number of phenols is 1. The van der Waals surface area contributed by atoms with Gasteiger partial charge in [-0.25, -0.2) is 9.78 Å². The van der Waals surface area contributed by atoms with Crippen molar-refractivity contribution in [1.82, 2.24) is 14.5 Å². The number of halogens is 2. The largest absolute Gasteiger partial charge is 0.504 e. The molecule has 11 nitrogen and oxygen atoms in total. The van der Waals surface area contributed by atoms with Gasteiger partial charge in [0.05, 0.1) is 6.61 Å². The number of hydrogen-bond donors (Lipinski definition) is 3. The Balaban J connectivity index is 1.56. The average Bonchev–Trinajstić information content (AvgIpc) is 3.47. The number of nitrogens with two attached hydrogens (primary N) is 1. The van der Waals surface area contributed by atoms with E-state index in [2.05, 4.69) is 9.97 Å². The number of pyridine rings is 1. The number of aromatic nitrogens is 3. The number of nitrogens with zero attached hydrogens (tertiary/aromatic N) is 3. The lowest BCUT2D eigenvalue weighted by Gasteiger charge is -2.16. The number of amidine groups is 1. The molecule has 3 aromatic carbocycles. The Morgan fingerprint density at radius 3 is 2.41 bits per heavy atom. The Labute approximate surface area is 261 Å². The van der Waals surface area contributed by atoms with Gasteiger partial charge in [0.15, 0.2) is 11.5 Å². The normalized spacial score (nSPS) is 11.0. The summed E-state index contributed by atoms with van der Waals surface area (Å²) < 4.78 is 55.5. The molecule has 234 valence electrons. The van der Waals surface area contributed by atoms with Gasteiger partial charge < -0.3 is 34.4 Å². The second-order valence-electron chi connectivity index (χ2n) is 9.63. The molecule has 0 aliphatic carbocycles. The highest BCUT2D eigenvalue weighted by Gasteiger charge is 2.27. The molecule has 0 aliphatic heterocycles. The molecule has 4 N–H and O–H groups in total. The molecule has 0 saturated carbocycles. The highest BCUT2D eigenvalue weighted by atomic mass is 19.1. The van der Waals surface area contributed by atoms with Crippen LogP contribution >= 0.6 is 0 Å². The summed E-state index contributed by atoms with van der Waals surface area (Å²) in [5.41, 5.74) is 6.85. The number of nitrogen functional groups attached to an aromatic ring is 1. The van der Waals surface area contributed by atoms with Crippen molar-refractivity contribution >= 4 is 17.9 Å². The van der Waals surface area contributed by atoms with Gasteiger partial charge in [-0.15, -0.1) is 0 Å². The number of carbonyl (C=O) groups excluding carboxylic acids is 1. The van der Waals surface area contributed by atoms with E-state index in [9.17, 15) is 9.90 Å². The maximum absolute atomic E-state index is 16.0. The Kier molecular flexibility index (Phi) is 9.22. The van der Waals surface area contributed by atoms with E-state index in [0.717, 1.165) is 0 Å². The van der Waals surface area contributed by atoms with Gasteiger partial charge in [-0.2, -0.15) is 13.8 Å². The van der Waals surface area contributed by atoms with Crippen molar-refractivity contribution in [1.29, 1.82) is 5.41 Å². The number of esters is 1. The molecule has 2 heterocycles. The molecule has 0 aliphatic rings. The Bertz CT molecular complexity index is 1960. The maximum atomic E-state index is 16.0. The molecular formula is C33H27F2N5O6. The monoisotopic (exact) mass is 627 g/mol. The molecule has 5 aromatic rings. The van der Waals surface area contributed by atoms with Gasteiger partial charge in [0.2, 0.25) is 17.4 Å². The Morgan fingerprint density at radius 2 is 1.72 bits per heavy atom. The van der Waals surface area contributed by atoms with E-state index in [-0.39, 0.29) is 35.3 Å². The van der Waals surface area contributed by atoms with Gasteiger partial charge in [0.1, 0.15) is 23.2 Å². The first-order valence-electron chi connectivity index (χ1n) is 13.8. The van der Waals surface area contributed by atoms with E-state index >= 15 is 8.78 Å². The summed E-state index contributed by atoms with van der Waals surface area (Å²) in [5.74, 6) is -5.96. The number of rotatable bonds is 11. The topological polar surface area (TPSA) is 155 Å². The SMILES string of the molecule is CCOC(=O)/C=C/c1cccc(Oc2c(F)c(Oc3cccc(-c4nccn4C)c3)nc(Oc3cc(C(=N)N)ccc3O)c2F)c1. The van der Waals surface area contributed by atoms with E-state index in [1.807, 2.05) is 7.05 Å². The first kappa shape index (κ1) is 31.2. The van der Waals surface area contributed by atoms with Crippen LogP contribution in [0.25, 0.3) is 17.5 Å². The zero-order valence-electron chi connectivity index (χ0n) is 24.5. The summed E-state index contributed by atoms with van der Waals surface area (Å²) in [6.07, 6.45) is 6.03. The molecule has 0 fully saturated rings. The van der Waals surface area contributed by atoms with Crippen LogP contribution in [0.15, 0.2) is 85.2 Å². The van der Waals surface area contributed by atoms with Crippen LogP contribution < -0.4 is 19.9 Å². The predicted octanol–water partition coefficient (Wildman–Crippen LogP) is 6.70. The number of aromatic hydroxyl groups is 1. The maximum Gasteiger partial charge on any atom is 0.330 e. The minimum Gasteiger partial charge on any atom is -0.504 e. The minimum absolute atomic E-state index is 0.00473. The van der Waals surface area contributed by atoms with Crippen LogP contribution in [0.4, 0.5) is 8.78 Å². The van der Waals surface area contributed by atoms with Crippen molar-refractivity contribution < 1.29 is 37.6 Å². The summed E-state index contributed by atoms with van der Waals surface area (Å²) in [6, 6.07) is 16.4. The predicted molar refractivity (Wildman–Crippen MR) is 164 cm³/mol.